The van der Waals surface area contributed by atoms with Crippen molar-refractivity contribution >= 4 is 5.91 Å². The molecule has 0 aromatic rings. The molecule has 1 amide bonds. The fourth-order valence-electron chi connectivity index (χ4n) is 3.48. The van der Waals surface area contributed by atoms with Crippen molar-refractivity contribution < 1.29 is 9.53 Å². The molecule has 4 nitrogen and oxygen atoms in total. The summed E-state index contributed by atoms with van der Waals surface area (Å²) in [6, 6.07) is 0.582. The predicted molar refractivity (Wildman–Crippen MR) is 64.6 cm³/mol. The molecule has 0 saturated carbocycles. The quantitative estimate of drug-likeness (QED) is 0.748. The van der Waals surface area contributed by atoms with Crippen LogP contribution in [0.4, 0.5) is 0 Å². The molecule has 2 N–H and O–H groups in total. The Hall–Kier alpha value is -0.610. The largest absolute Gasteiger partial charge is 0.373 e. The molecule has 3 aliphatic rings. The van der Waals surface area contributed by atoms with Crippen molar-refractivity contribution in [1.82, 2.24) is 10.6 Å². The van der Waals surface area contributed by atoms with Crippen LogP contribution in [0.5, 0.6) is 0 Å². The summed E-state index contributed by atoms with van der Waals surface area (Å²) in [4.78, 5) is 12.2. The topological polar surface area (TPSA) is 50.4 Å². The van der Waals surface area contributed by atoms with Gasteiger partial charge in [-0.05, 0) is 45.6 Å². The van der Waals surface area contributed by atoms with E-state index in [2.05, 4.69) is 17.6 Å². The van der Waals surface area contributed by atoms with Crippen LogP contribution in [0.25, 0.3) is 0 Å². The maximum absolute atomic E-state index is 12.2. The molecule has 17 heavy (non-hydrogen) atoms. The highest BCUT2D eigenvalue weighted by molar-refractivity contribution is 5.79. The summed E-state index contributed by atoms with van der Waals surface area (Å²) in [6.07, 6.45) is 6.14. The molecular formula is C13H22N2O2. The van der Waals surface area contributed by atoms with E-state index in [0.717, 1.165) is 32.2 Å². The van der Waals surface area contributed by atoms with Gasteiger partial charge in [0.05, 0.1) is 24.2 Å². The summed E-state index contributed by atoms with van der Waals surface area (Å²) in [7, 11) is 0. The van der Waals surface area contributed by atoms with Gasteiger partial charge in [0.15, 0.2) is 0 Å². The van der Waals surface area contributed by atoms with Gasteiger partial charge in [0.25, 0.3) is 0 Å². The lowest BCUT2D eigenvalue weighted by Gasteiger charge is -2.31. The third-order valence-corrected chi connectivity index (χ3v) is 4.53. The van der Waals surface area contributed by atoms with Gasteiger partial charge in [0.2, 0.25) is 5.91 Å². The van der Waals surface area contributed by atoms with E-state index < -0.39 is 0 Å². The SMILES string of the molecule is CC1NCCCC1C(=O)NC1CC2CCC1O2. The molecule has 0 radical (unpaired) electrons. The lowest BCUT2D eigenvalue weighted by atomic mass is 9.89. The molecule has 2 bridgehead atoms. The lowest BCUT2D eigenvalue weighted by Crippen LogP contribution is -2.50. The molecule has 3 aliphatic heterocycles. The molecule has 0 aliphatic carbocycles. The van der Waals surface area contributed by atoms with Crippen molar-refractivity contribution in [1.29, 1.82) is 0 Å². The first kappa shape index (κ1) is 11.5. The van der Waals surface area contributed by atoms with Crippen LogP contribution in [0.1, 0.15) is 39.0 Å². The van der Waals surface area contributed by atoms with Crippen LogP contribution in [0, 0.1) is 5.92 Å². The predicted octanol–water partition coefficient (Wildman–Crippen LogP) is 0.811. The maximum Gasteiger partial charge on any atom is 0.224 e. The second kappa shape index (κ2) is 4.58. The third kappa shape index (κ3) is 2.20. The zero-order chi connectivity index (χ0) is 11.8. The fourth-order valence-corrected chi connectivity index (χ4v) is 3.48. The second-order valence-corrected chi connectivity index (χ2v) is 5.72. The lowest BCUT2D eigenvalue weighted by molar-refractivity contribution is -0.127. The number of ether oxygens (including phenoxy) is 1. The Kier molecular flexibility index (Phi) is 3.09. The molecular weight excluding hydrogens is 216 g/mol. The van der Waals surface area contributed by atoms with E-state index in [1.54, 1.807) is 0 Å². The van der Waals surface area contributed by atoms with Gasteiger partial charge >= 0.3 is 0 Å². The molecule has 96 valence electrons. The Morgan fingerprint density at radius 2 is 2.24 bits per heavy atom. The van der Waals surface area contributed by atoms with E-state index in [0.29, 0.717) is 12.1 Å². The number of amides is 1. The van der Waals surface area contributed by atoms with E-state index in [-0.39, 0.29) is 24.0 Å². The van der Waals surface area contributed by atoms with Crippen molar-refractivity contribution in [2.45, 2.75) is 63.3 Å². The van der Waals surface area contributed by atoms with E-state index in [9.17, 15) is 4.79 Å². The first-order chi connectivity index (χ1) is 8.24. The summed E-state index contributed by atoms with van der Waals surface area (Å²) in [6.45, 7) is 3.16. The van der Waals surface area contributed by atoms with Gasteiger partial charge < -0.3 is 15.4 Å². The number of hydrogen-bond acceptors (Lipinski definition) is 3. The highest BCUT2D eigenvalue weighted by Gasteiger charge is 2.42. The third-order valence-electron chi connectivity index (χ3n) is 4.53. The molecule has 0 spiro atoms. The summed E-state index contributed by atoms with van der Waals surface area (Å²) < 4.78 is 5.77. The molecule has 0 aromatic heterocycles. The van der Waals surface area contributed by atoms with Crippen molar-refractivity contribution in [2.24, 2.45) is 5.92 Å². The molecule has 3 rings (SSSR count). The van der Waals surface area contributed by atoms with Crippen LogP contribution >= 0.6 is 0 Å². The molecule has 3 fully saturated rings. The van der Waals surface area contributed by atoms with Crippen molar-refractivity contribution in [3.8, 4) is 0 Å². The molecule has 0 aromatic carbocycles. The maximum atomic E-state index is 12.2. The monoisotopic (exact) mass is 238 g/mol. The normalized spacial score (nSPS) is 44.9. The summed E-state index contributed by atoms with van der Waals surface area (Å²) in [5.41, 5.74) is 0. The van der Waals surface area contributed by atoms with Gasteiger partial charge in [-0.15, -0.1) is 0 Å². The Bertz CT molecular complexity index is 308. The van der Waals surface area contributed by atoms with Gasteiger partial charge in [0.1, 0.15) is 0 Å². The van der Waals surface area contributed by atoms with Gasteiger partial charge in [-0.2, -0.15) is 0 Å². The van der Waals surface area contributed by atoms with E-state index >= 15 is 0 Å². The first-order valence-electron chi connectivity index (χ1n) is 6.93. The minimum Gasteiger partial charge on any atom is -0.373 e. The molecule has 5 unspecified atom stereocenters. The van der Waals surface area contributed by atoms with Crippen molar-refractivity contribution in [2.75, 3.05) is 6.54 Å². The van der Waals surface area contributed by atoms with Crippen molar-refractivity contribution in [3.63, 3.8) is 0 Å². The number of hydrogen-bond donors (Lipinski definition) is 2. The van der Waals surface area contributed by atoms with Crippen LogP contribution in [0.2, 0.25) is 0 Å². The molecule has 3 heterocycles. The van der Waals surface area contributed by atoms with E-state index in [4.69, 9.17) is 4.74 Å². The summed E-state index contributed by atoms with van der Waals surface area (Å²) >= 11 is 0. The zero-order valence-electron chi connectivity index (χ0n) is 10.4. The molecule has 5 atom stereocenters. The molecule has 3 saturated heterocycles. The average molecular weight is 238 g/mol. The minimum atomic E-state index is 0.142. The van der Waals surface area contributed by atoms with Gasteiger partial charge in [0, 0.05) is 6.04 Å². The van der Waals surface area contributed by atoms with E-state index in [1.807, 2.05) is 0 Å². The van der Waals surface area contributed by atoms with Crippen LogP contribution in [-0.2, 0) is 9.53 Å². The number of piperidine rings is 1. The number of carbonyl (C=O) groups is 1. The molecule has 4 heteroatoms. The number of fused-ring (bicyclic) bond motifs is 2. The minimum absolute atomic E-state index is 0.142. The number of rotatable bonds is 2. The highest BCUT2D eigenvalue weighted by Crippen LogP contribution is 2.34. The summed E-state index contributed by atoms with van der Waals surface area (Å²) in [5.74, 6) is 0.369. The number of carbonyl (C=O) groups excluding carboxylic acids is 1. The van der Waals surface area contributed by atoms with Crippen molar-refractivity contribution in [3.05, 3.63) is 0 Å². The van der Waals surface area contributed by atoms with Gasteiger partial charge in [-0.25, -0.2) is 0 Å². The fraction of sp³-hybridized carbons (Fsp3) is 0.923. The number of nitrogens with one attached hydrogen (secondary N) is 2. The Labute approximate surface area is 102 Å². The van der Waals surface area contributed by atoms with Crippen LogP contribution in [0.3, 0.4) is 0 Å². The Morgan fingerprint density at radius 3 is 2.88 bits per heavy atom. The first-order valence-corrected chi connectivity index (χ1v) is 6.93. The standard InChI is InChI=1S/C13H22N2O2/c1-8-10(3-2-6-14-8)13(16)15-11-7-9-4-5-12(11)17-9/h8-12,14H,2-7H2,1H3,(H,15,16). The smallest absolute Gasteiger partial charge is 0.224 e. The van der Waals surface area contributed by atoms with Crippen LogP contribution < -0.4 is 10.6 Å². The van der Waals surface area contributed by atoms with E-state index in [1.165, 1.54) is 6.42 Å². The Balaban J connectivity index is 1.56. The van der Waals surface area contributed by atoms with Crippen LogP contribution in [-0.4, -0.2) is 36.7 Å². The highest BCUT2D eigenvalue weighted by atomic mass is 16.5. The second-order valence-electron chi connectivity index (χ2n) is 5.72. The van der Waals surface area contributed by atoms with Gasteiger partial charge in [-0.1, -0.05) is 0 Å². The average Bonchev–Trinajstić information content (AvgIpc) is 2.91. The Morgan fingerprint density at radius 1 is 1.35 bits per heavy atom. The zero-order valence-corrected chi connectivity index (χ0v) is 10.4. The summed E-state index contributed by atoms with van der Waals surface area (Å²) in [5, 5.41) is 6.59. The van der Waals surface area contributed by atoms with Crippen LogP contribution in [0.15, 0.2) is 0 Å². The van der Waals surface area contributed by atoms with Gasteiger partial charge in [-0.3, -0.25) is 4.79 Å².